The fourth-order valence-electron chi connectivity index (χ4n) is 3.17. The molecule has 1 saturated heterocycles. The monoisotopic (exact) mass is 268 g/mol. The van der Waals surface area contributed by atoms with Crippen molar-refractivity contribution in [3.63, 3.8) is 0 Å². The van der Waals surface area contributed by atoms with Gasteiger partial charge in [-0.3, -0.25) is 4.90 Å². The summed E-state index contributed by atoms with van der Waals surface area (Å²) in [6.07, 6.45) is 2.17. The molecule has 0 aromatic heterocycles. The number of piperidine rings is 1. The summed E-state index contributed by atoms with van der Waals surface area (Å²) >= 11 is 0. The van der Waals surface area contributed by atoms with E-state index in [-0.39, 0.29) is 17.7 Å². The third-order valence-corrected chi connectivity index (χ3v) is 4.01. The number of rotatable bonds is 4. The first-order valence-corrected chi connectivity index (χ1v) is 7.01. The van der Waals surface area contributed by atoms with Crippen LogP contribution < -0.4 is 5.32 Å². The smallest absolute Gasteiger partial charge is 0.128 e. The predicted molar refractivity (Wildman–Crippen MR) is 73.0 cm³/mol. The zero-order valence-electron chi connectivity index (χ0n) is 11.6. The van der Waals surface area contributed by atoms with Gasteiger partial charge in [-0.05, 0) is 63.6 Å². The number of likely N-dealkylation sites (tertiary alicyclic amines) is 1. The maximum atomic E-state index is 14.1. The largest absolute Gasteiger partial charge is 0.319 e. The molecule has 1 heterocycles. The van der Waals surface area contributed by atoms with Crippen LogP contribution in [0.2, 0.25) is 0 Å². The van der Waals surface area contributed by atoms with E-state index in [9.17, 15) is 8.78 Å². The van der Waals surface area contributed by atoms with E-state index in [1.54, 1.807) is 0 Å². The van der Waals surface area contributed by atoms with Crippen molar-refractivity contribution in [2.45, 2.75) is 25.8 Å². The van der Waals surface area contributed by atoms with Gasteiger partial charge in [-0.1, -0.05) is 6.92 Å². The van der Waals surface area contributed by atoms with Crippen LogP contribution in [-0.4, -0.2) is 31.6 Å². The molecule has 0 amide bonds. The highest BCUT2D eigenvalue weighted by atomic mass is 19.1. The molecule has 1 fully saturated rings. The molecular weight excluding hydrogens is 246 g/mol. The standard InChI is InChI=1S/C15H22F2N2/c1-3-19-8-4-5-11(10-18-2)15(19)13-9-12(16)6-7-14(13)17/h6-7,9,11,15,18H,3-5,8,10H2,1-2H3. The Bertz CT molecular complexity index is 421. The zero-order chi connectivity index (χ0) is 13.8. The van der Waals surface area contributed by atoms with Crippen LogP contribution in [0.15, 0.2) is 18.2 Å². The lowest BCUT2D eigenvalue weighted by Crippen LogP contribution is -2.42. The highest BCUT2D eigenvalue weighted by Crippen LogP contribution is 2.36. The lowest BCUT2D eigenvalue weighted by molar-refractivity contribution is 0.0952. The average molecular weight is 268 g/mol. The fourth-order valence-corrected chi connectivity index (χ4v) is 3.17. The van der Waals surface area contributed by atoms with Gasteiger partial charge in [0.15, 0.2) is 0 Å². The Labute approximate surface area is 113 Å². The molecule has 106 valence electrons. The molecule has 0 saturated carbocycles. The Morgan fingerprint density at radius 1 is 1.37 bits per heavy atom. The summed E-state index contributed by atoms with van der Waals surface area (Å²) in [5.74, 6) is -0.330. The van der Waals surface area contributed by atoms with E-state index in [0.717, 1.165) is 32.5 Å². The minimum absolute atomic E-state index is 0.0260. The summed E-state index contributed by atoms with van der Waals surface area (Å²) in [4.78, 5) is 2.25. The van der Waals surface area contributed by atoms with Gasteiger partial charge in [0, 0.05) is 11.6 Å². The second kappa shape index (κ2) is 6.44. The molecule has 0 radical (unpaired) electrons. The first kappa shape index (κ1) is 14.4. The molecule has 1 N–H and O–H groups in total. The van der Waals surface area contributed by atoms with Gasteiger partial charge in [0.25, 0.3) is 0 Å². The van der Waals surface area contributed by atoms with E-state index in [1.807, 2.05) is 7.05 Å². The minimum atomic E-state index is -0.360. The van der Waals surface area contributed by atoms with Crippen molar-refractivity contribution in [3.05, 3.63) is 35.4 Å². The van der Waals surface area contributed by atoms with Gasteiger partial charge < -0.3 is 5.32 Å². The van der Waals surface area contributed by atoms with Crippen molar-refractivity contribution >= 4 is 0 Å². The molecule has 1 aliphatic rings. The van der Waals surface area contributed by atoms with Gasteiger partial charge in [0.1, 0.15) is 11.6 Å². The van der Waals surface area contributed by atoms with Crippen LogP contribution in [-0.2, 0) is 0 Å². The maximum absolute atomic E-state index is 14.1. The van der Waals surface area contributed by atoms with Gasteiger partial charge in [0.05, 0.1) is 0 Å². The molecule has 19 heavy (non-hydrogen) atoms. The molecule has 0 spiro atoms. The highest BCUT2D eigenvalue weighted by Gasteiger charge is 2.33. The normalized spacial score (nSPS) is 24.6. The van der Waals surface area contributed by atoms with Crippen LogP contribution in [0.3, 0.4) is 0 Å². The SMILES string of the molecule is CCN1CCCC(CNC)C1c1cc(F)ccc1F. The minimum Gasteiger partial charge on any atom is -0.319 e. The third kappa shape index (κ3) is 3.12. The molecule has 0 bridgehead atoms. The number of halogens is 2. The Morgan fingerprint density at radius 3 is 2.84 bits per heavy atom. The summed E-state index contributed by atoms with van der Waals surface area (Å²) in [6, 6.07) is 3.76. The summed E-state index contributed by atoms with van der Waals surface area (Å²) in [5, 5.41) is 3.17. The van der Waals surface area contributed by atoms with Crippen LogP contribution in [0, 0.1) is 17.6 Å². The second-order valence-corrected chi connectivity index (χ2v) is 5.20. The number of benzene rings is 1. The summed E-state index contributed by atoms with van der Waals surface area (Å²) in [6.45, 7) is 4.72. The van der Waals surface area contributed by atoms with Gasteiger partial charge in [-0.2, -0.15) is 0 Å². The van der Waals surface area contributed by atoms with Crippen LogP contribution in [0.25, 0.3) is 0 Å². The van der Waals surface area contributed by atoms with E-state index >= 15 is 0 Å². The predicted octanol–water partition coefficient (Wildman–Crippen LogP) is 2.96. The molecule has 1 aliphatic heterocycles. The van der Waals surface area contributed by atoms with Crippen molar-refractivity contribution < 1.29 is 8.78 Å². The Morgan fingerprint density at radius 2 is 2.16 bits per heavy atom. The maximum Gasteiger partial charge on any atom is 0.128 e. The van der Waals surface area contributed by atoms with Crippen molar-refractivity contribution in [2.75, 3.05) is 26.7 Å². The summed E-state index contributed by atoms with van der Waals surface area (Å²) in [5.41, 5.74) is 0.502. The Hall–Kier alpha value is -1.00. The molecule has 1 aromatic carbocycles. The molecule has 1 aromatic rings. The zero-order valence-corrected chi connectivity index (χ0v) is 11.6. The quantitative estimate of drug-likeness (QED) is 0.903. The van der Waals surface area contributed by atoms with Gasteiger partial charge >= 0.3 is 0 Å². The van der Waals surface area contributed by atoms with Crippen molar-refractivity contribution in [1.82, 2.24) is 10.2 Å². The van der Waals surface area contributed by atoms with E-state index in [2.05, 4.69) is 17.1 Å². The van der Waals surface area contributed by atoms with Crippen LogP contribution in [0.1, 0.15) is 31.4 Å². The van der Waals surface area contributed by atoms with Crippen LogP contribution in [0.4, 0.5) is 8.78 Å². The molecule has 2 rings (SSSR count). The number of nitrogens with one attached hydrogen (secondary N) is 1. The fraction of sp³-hybridized carbons (Fsp3) is 0.600. The third-order valence-electron chi connectivity index (χ3n) is 4.01. The van der Waals surface area contributed by atoms with Gasteiger partial charge in [0.2, 0.25) is 0 Å². The van der Waals surface area contributed by atoms with Gasteiger partial charge in [-0.15, -0.1) is 0 Å². The molecule has 2 atom stereocenters. The lowest BCUT2D eigenvalue weighted by Gasteiger charge is -2.41. The molecular formula is C15H22F2N2. The number of hydrogen-bond donors (Lipinski definition) is 1. The van der Waals surface area contributed by atoms with Crippen molar-refractivity contribution in [1.29, 1.82) is 0 Å². The highest BCUT2D eigenvalue weighted by molar-refractivity contribution is 5.24. The number of nitrogens with zero attached hydrogens (tertiary/aromatic N) is 1. The Balaban J connectivity index is 2.36. The average Bonchev–Trinajstić information content (AvgIpc) is 2.42. The lowest BCUT2D eigenvalue weighted by atomic mass is 9.84. The number of hydrogen-bond acceptors (Lipinski definition) is 2. The summed E-state index contributed by atoms with van der Waals surface area (Å²) < 4.78 is 27.5. The molecule has 2 unspecified atom stereocenters. The molecule has 4 heteroatoms. The van der Waals surface area contributed by atoms with Crippen LogP contribution in [0.5, 0.6) is 0 Å². The second-order valence-electron chi connectivity index (χ2n) is 5.20. The molecule has 0 aliphatic carbocycles. The van der Waals surface area contributed by atoms with Crippen molar-refractivity contribution in [3.8, 4) is 0 Å². The van der Waals surface area contributed by atoms with Crippen molar-refractivity contribution in [2.24, 2.45) is 5.92 Å². The van der Waals surface area contributed by atoms with E-state index in [1.165, 1.54) is 18.2 Å². The molecule has 2 nitrogen and oxygen atoms in total. The van der Waals surface area contributed by atoms with E-state index in [4.69, 9.17) is 0 Å². The topological polar surface area (TPSA) is 15.3 Å². The summed E-state index contributed by atoms with van der Waals surface area (Å²) in [7, 11) is 1.91. The van der Waals surface area contributed by atoms with Gasteiger partial charge in [-0.25, -0.2) is 8.78 Å². The first-order valence-electron chi connectivity index (χ1n) is 7.01. The first-order chi connectivity index (χ1) is 9.17. The Kier molecular flexibility index (Phi) is 4.88. The van der Waals surface area contributed by atoms with Crippen LogP contribution >= 0.6 is 0 Å². The van der Waals surface area contributed by atoms with E-state index < -0.39 is 0 Å². The van der Waals surface area contributed by atoms with E-state index in [0.29, 0.717) is 11.5 Å².